The van der Waals surface area contributed by atoms with Gasteiger partial charge in [-0.3, -0.25) is 0 Å². The molecule has 0 unspecified atom stereocenters. The summed E-state index contributed by atoms with van der Waals surface area (Å²) >= 11 is 3.16. The van der Waals surface area contributed by atoms with E-state index in [2.05, 4.69) is 15.9 Å². The lowest BCUT2D eigenvalue weighted by molar-refractivity contribution is 0.0485. The molecule has 0 radical (unpaired) electrons. The third-order valence-electron chi connectivity index (χ3n) is 2.91. The molecule has 1 fully saturated rings. The first-order chi connectivity index (χ1) is 8.79. The van der Waals surface area contributed by atoms with Gasteiger partial charge in [-0.25, -0.2) is 18.4 Å². The van der Waals surface area contributed by atoms with Crippen LogP contribution in [-0.4, -0.2) is 21.0 Å². The number of carbonyl (C=O) groups excluding carboxylic acids is 1. The van der Waals surface area contributed by atoms with Crippen molar-refractivity contribution < 1.29 is 17.9 Å². The summed E-state index contributed by atoms with van der Waals surface area (Å²) in [5.41, 5.74) is 0.815. The molecule has 7 heteroatoms. The molecule has 1 aliphatic carbocycles. The highest BCUT2D eigenvalue weighted by Crippen LogP contribution is 2.30. The average molecular weight is 348 g/mol. The number of nitrogens with two attached hydrogens (primary N) is 1. The molecule has 1 aliphatic rings. The van der Waals surface area contributed by atoms with Crippen molar-refractivity contribution in [2.24, 2.45) is 11.1 Å². The van der Waals surface area contributed by atoms with Crippen LogP contribution >= 0.6 is 15.9 Å². The zero-order valence-electron chi connectivity index (χ0n) is 10.3. The van der Waals surface area contributed by atoms with E-state index in [1.54, 1.807) is 13.0 Å². The van der Waals surface area contributed by atoms with Crippen molar-refractivity contribution in [3.05, 3.63) is 27.7 Å². The molecule has 0 saturated heterocycles. The van der Waals surface area contributed by atoms with E-state index in [9.17, 15) is 13.2 Å². The Balaban J connectivity index is 2.30. The Kier molecular flexibility index (Phi) is 3.98. The number of aryl methyl sites for hydroxylation is 1. The van der Waals surface area contributed by atoms with E-state index in [4.69, 9.17) is 9.88 Å². The highest BCUT2D eigenvalue weighted by atomic mass is 79.9. The van der Waals surface area contributed by atoms with Gasteiger partial charge in [0, 0.05) is 4.47 Å². The highest BCUT2D eigenvalue weighted by Gasteiger charge is 2.24. The Morgan fingerprint density at radius 2 is 2.11 bits per heavy atom. The Bertz CT molecular complexity index is 623. The van der Waals surface area contributed by atoms with Crippen molar-refractivity contribution in [3.63, 3.8) is 0 Å². The maximum absolute atomic E-state index is 11.8. The number of halogens is 1. The Morgan fingerprint density at radius 1 is 1.47 bits per heavy atom. The summed E-state index contributed by atoms with van der Waals surface area (Å²) in [5.74, 6) is -0.0643. The summed E-state index contributed by atoms with van der Waals surface area (Å²) in [4.78, 5) is 11.7. The molecule has 1 aromatic carbocycles. The molecule has 1 aromatic rings. The quantitative estimate of drug-likeness (QED) is 0.843. The van der Waals surface area contributed by atoms with Crippen LogP contribution in [0.25, 0.3) is 0 Å². The fourth-order valence-corrected chi connectivity index (χ4v) is 3.23. The molecule has 0 heterocycles. The van der Waals surface area contributed by atoms with Gasteiger partial charge >= 0.3 is 5.97 Å². The number of ether oxygens (including phenoxy) is 1. The molecule has 0 aliphatic heterocycles. The monoisotopic (exact) mass is 347 g/mol. The van der Waals surface area contributed by atoms with E-state index in [0.717, 1.165) is 12.8 Å². The maximum atomic E-state index is 11.8. The number of primary sulfonamides is 1. The van der Waals surface area contributed by atoms with Crippen LogP contribution in [0.2, 0.25) is 0 Å². The predicted octanol–water partition coefficient (Wildman–Crippen LogP) is 1.97. The number of carbonyl (C=O) groups is 1. The van der Waals surface area contributed by atoms with Gasteiger partial charge < -0.3 is 4.74 Å². The normalized spacial score (nSPS) is 15.3. The van der Waals surface area contributed by atoms with E-state index in [1.807, 2.05) is 0 Å². The van der Waals surface area contributed by atoms with Crippen LogP contribution in [-0.2, 0) is 14.8 Å². The van der Waals surface area contributed by atoms with Gasteiger partial charge in [-0.05, 0) is 59.3 Å². The van der Waals surface area contributed by atoms with E-state index in [-0.39, 0.29) is 10.5 Å². The van der Waals surface area contributed by atoms with Gasteiger partial charge in [0.05, 0.1) is 17.1 Å². The number of rotatable bonds is 4. The molecule has 2 rings (SSSR count). The first-order valence-electron chi connectivity index (χ1n) is 5.79. The van der Waals surface area contributed by atoms with Crippen molar-refractivity contribution in [1.29, 1.82) is 0 Å². The fraction of sp³-hybridized carbons (Fsp3) is 0.417. The first kappa shape index (κ1) is 14.5. The van der Waals surface area contributed by atoms with Crippen LogP contribution in [0.15, 0.2) is 21.5 Å². The molecule has 0 atom stereocenters. The summed E-state index contributed by atoms with van der Waals surface area (Å²) in [5, 5.41) is 5.12. The molecule has 1 saturated carbocycles. The second-order valence-electron chi connectivity index (χ2n) is 4.69. The van der Waals surface area contributed by atoms with Crippen molar-refractivity contribution in [1.82, 2.24) is 0 Å². The zero-order chi connectivity index (χ0) is 14.2. The van der Waals surface area contributed by atoms with E-state index < -0.39 is 16.0 Å². The molecular formula is C12H14BrNO4S. The Hall–Kier alpha value is -0.920. The van der Waals surface area contributed by atoms with Crippen LogP contribution in [0.4, 0.5) is 0 Å². The van der Waals surface area contributed by atoms with Crippen molar-refractivity contribution >= 4 is 31.9 Å². The maximum Gasteiger partial charge on any atom is 0.338 e. The Labute approximate surface area is 120 Å². The van der Waals surface area contributed by atoms with Crippen LogP contribution in [0.5, 0.6) is 0 Å². The van der Waals surface area contributed by atoms with Gasteiger partial charge in [0.1, 0.15) is 0 Å². The number of benzene rings is 1. The molecule has 19 heavy (non-hydrogen) atoms. The number of sulfonamides is 1. The lowest BCUT2D eigenvalue weighted by Crippen LogP contribution is -2.15. The lowest BCUT2D eigenvalue weighted by Gasteiger charge is -2.09. The van der Waals surface area contributed by atoms with Gasteiger partial charge in [0.15, 0.2) is 0 Å². The SMILES string of the molecule is Cc1cc(C(=O)OCC2CC2)cc(S(N)(=O)=O)c1Br. The lowest BCUT2D eigenvalue weighted by atomic mass is 10.1. The van der Waals surface area contributed by atoms with Gasteiger partial charge in [0.25, 0.3) is 0 Å². The molecule has 0 amide bonds. The second-order valence-corrected chi connectivity index (χ2v) is 7.01. The van der Waals surface area contributed by atoms with Crippen molar-refractivity contribution in [2.45, 2.75) is 24.7 Å². The fourth-order valence-electron chi connectivity index (χ4n) is 1.62. The molecular weight excluding hydrogens is 334 g/mol. The van der Waals surface area contributed by atoms with Crippen LogP contribution in [0.1, 0.15) is 28.8 Å². The molecule has 0 aromatic heterocycles. The van der Waals surface area contributed by atoms with Crippen molar-refractivity contribution in [3.8, 4) is 0 Å². The van der Waals surface area contributed by atoms with Crippen LogP contribution in [0.3, 0.4) is 0 Å². The Morgan fingerprint density at radius 3 is 2.63 bits per heavy atom. The van der Waals surface area contributed by atoms with Crippen LogP contribution < -0.4 is 5.14 Å². The smallest absolute Gasteiger partial charge is 0.338 e. The summed E-state index contributed by atoms with van der Waals surface area (Å²) in [6.07, 6.45) is 2.16. The third kappa shape index (κ3) is 3.55. The molecule has 0 bridgehead atoms. The minimum Gasteiger partial charge on any atom is -0.462 e. The van der Waals surface area contributed by atoms with E-state index >= 15 is 0 Å². The molecule has 104 valence electrons. The number of hydrogen-bond acceptors (Lipinski definition) is 4. The first-order valence-corrected chi connectivity index (χ1v) is 8.13. The van der Waals surface area contributed by atoms with Gasteiger partial charge in [-0.1, -0.05) is 0 Å². The highest BCUT2D eigenvalue weighted by molar-refractivity contribution is 9.10. The molecule has 0 spiro atoms. The van der Waals surface area contributed by atoms with E-state index in [0.29, 0.717) is 22.6 Å². The van der Waals surface area contributed by atoms with Crippen molar-refractivity contribution in [2.75, 3.05) is 6.61 Å². The largest absolute Gasteiger partial charge is 0.462 e. The predicted molar refractivity (Wildman–Crippen MR) is 73.3 cm³/mol. The summed E-state index contributed by atoms with van der Waals surface area (Å²) in [7, 11) is -3.89. The summed E-state index contributed by atoms with van der Waals surface area (Å²) < 4.78 is 28.4. The molecule has 5 nitrogen and oxygen atoms in total. The standard InChI is InChI=1S/C12H14BrNO4S/c1-7-4-9(12(15)18-6-8-2-3-8)5-10(11(7)13)19(14,16)17/h4-5,8H,2-3,6H2,1H3,(H2,14,16,17). The van der Waals surface area contributed by atoms with Gasteiger partial charge in [-0.2, -0.15) is 0 Å². The van der Waals surface area contributed by atoms with Gasteiger partial charge in [0.2, 0.25) is 10.0 Å². The molecule has 2 N–H and O–H groups in total. The third-order valence-corrected chi connectivity index (χ3v) is 5.16. The second kappa shape index (κ2) is 5.22. The van der Waals surface area contributed by atoms with Gasteiger partial charge in [-0.15, -0.1) is 0 Å². The number of esters is 1. The topological polar surface area (TPSA) is 86.5 Å². The number of hydrogen-bond donors (Lipinski definition) is 1. The summed E-state index contributed by atoms with van der Waals surface area (Å²) in [6, 6.07) is 2.82. The van der Waals surface area contributed by atoms with E-state index in [1.165, 1.54) is 6.07 Å². The van der Waals surface area contributed by atoms with Crippen LogP contribution in [0, 0.1) is 12.8 Å². The minimum absolute atomic E-state index is 0.106. The summed E-state index contributed by atoms with van der Waals surface area (Å²) in [6.45, 7) is 2.08. The average Bonchev–Trinajstić information content (AvgIpc) is 3.11. The zero-order valence-corrected chi connectivity index (χ0v) is 12.8. The minimum atomic E-state index is -3.89.